The Balaban J connectivity index is 2.30. The molecule has 0 spiro atoms. The van der Waals surface area contributed by atoms with Crippen molar-refractivity contribution in [2.75, 3.05) is 13.1 Å². The van der Waals surface area contributed by atoms with Gasteiger partial charge in [0.1, 0.15) is 17.9 Å². The molecule has 0 saturated heterocycles. The molecule has 0 unspecified atom stereocenters. The summed E-state index contributed by atoms with van der Waals surface area (Å²) in [6, 6.07) is 4.30. The van der Waals surface area contributed by atoms with E-state index < -0.39 is 52.9 Å². The Labute approximate surface area is 158 Å². The number of carbonyl (C=O) groups excluding carboxylic acids is 2. The third kappa shape index (κ3) is 4.26. The van der Waals surface area contributed by atoms with Gasteiger partial charge in [0.05, 0.1) is 11.1 Å². The minimum Gasteiger partial charge on any atom is -0.511 e. The molecule has 28 heavy (non-hydrogen) atoms. The van der Waals surface area contributed by atoms with Gasteiger partial charge in [-0.25, -0.2) is 0 Å². The predicted molar refractivity (Wildman–Crippen MR) is 91.1 cm³/mol. The van der Waals surface area contributed by atoms with Crippen molar-refractivity contribution in [2.45, 2.75) is 32.0 Å². The van der Waals surface area contributed by atoms with E-state index >= 15 is 0 Å². The average Bonchev–Trinajstić information content (AvgIpc) is 2.59. The summed E-state index contributed by atoms with van der Waals surface area (Å²) in [6.07, 6.45) is -4.54. The number of nitrogens with one attached hydrogen (secondary N) is 1. The third-order valence-electron chi connectivity index (χ3n) is 4.54. The van der Waals surface area contributed by atoms with Gasteiger partial charge >= 0.3 is 12.1 Å². The van der Waals surface area contributed by atoms with Crippen LogP contribution in [0, 0.1) is 0 Å². The summed E-state index contributed by atoms with van der Waals surface area (Å²) in [5.74, 6) is -3.65. The molecule has 1 aromatic carbocycles. The lowest BCUT2D eigenvalue weighted by Gasteiger charge is -2.41. The van der Waals surface area contributed by atoms with Crippen LogP contribution >= 0.6 is 0 Å². The lowest BCUT2D eigenvalue weighted by molar-refractivity contribution is -0.140. The number of aliphatic carboxylic acids is 1. The smallest absolute Gasteiger partial charge is 0.416 e. The first-order valence-electron chi connectivity index (χ1n) is 8.27. The molecule has 0 fully saturated rings. The number of hydrogen-bond acceptors (Lipinski definition) is 4. The highest BCUT2D eigenvalue weighted by Gasteiger charge is 2.40. The number of alkyl halides is 3. The number of carboxylic acids is 1. The molecule has 2 rings (SSSR count). The van der Waals surface area contributed by atoms with Crippen molar-refractivity contribution in [1.29, 1.82) is 0 Å². The molecule has 0 saturated carbocycles. The van der Waals surface area contributed by atoms with Gasteiger partial charge in [-0.1, -0.05) is 12.1 Å². The monoisotopic (exact) mass is 400 g/mol. The number of halogens is 3. The summed E-state index contributed by atoms with van der Waals surface area (Å²) in [7, 11) is 0. The predicted octanol–water partition coefficient (Wildman–Crippen LogP) is 2.19. The zero-order valence-electron chi connectivity index (χ0n) is 15.1. The second-order valence-electron chi connectivity index (χ2n) is 6.74. The number of aliphatic hydroxyl groups excluding tert-OH is 1. The Morgan fingerprint density at radius 2 is 1.68 bits per heavy atom. The van der Waals surface area contributed by atoms with Crippen LogP contribution in [0.4, 0.5) is 13.2 Å². The minimum absolute atomic E-state index is 0.0361. The minimum atomic E-state index is -4.49. The molecule has 0 radical (unpaired) electrons. The van der Waals surface area contributed by atoms with Gasteiger partial charge in [0.15, 0.2) is 0 Å². The standard InChI is InChI=1S/C18H19F3N2O5/c1-17(2,10-3-5-11(6-4-10)18(19,20)21)23-8-7-12(24)14(16(23)28)15(27)22-9-13(25)26/h3-6,24H,7-9H2,1-2H3,(H,22,27)(H,25,26). The molecule has 152 valence electrons. The summed E-state index contributed by atoms with van der Waals surface area (Å²) in [5.41, 5.74) is -2.09. The summed E-state index contributed by atoms with van der Waals surface area (Å²) in [4.78, 5) is 36.8. The topological polar surface area (TPSA) is 107 Å². The van der Waals surface area contributed by atoms with Crippen LogP contribution < -0.4 is 5.32 Å². The molecule has 2 amide bonds. The van der Waals surface area contributed by atoms with E-state index in [2.05, 4.69) is 0 Å². The first-order valence-corrected chi connectivity index (χ1v) is 8.27. The van der Waals surface area contributed by atoms with Crippen molar-refractivity contribution < 1.29 is 37.8 Å². The van der Waals surface area contributed by atoms with Crippen molar-refractivity contribution in [3.05, 3.63) is 46.7 Å². The van der Waals surface area contributed by atoms with Crippen LogP contribution in [0.2, 0.25) is 0 Å². The fourth-order valence-corrected chi connectivity index (χ4v) is 2.93. The molecule has 1 aliphatic rings. The normalized spacial score (nSPS) is 15.6. The molecular formula is C18H19F3N2O5. The van der Waals surface area contributed by atoms with E-state index in [0.29, 0.717) is 5.56 Å². The molecule has 1 heterocycles. The molecule has 1 aliphatic heterocycles. The lowest BCUT2D eigenvalue weighted by atomic mass is 9.88. The van der Waals surface area contributed by atoms with E-state index in [0.717, 1.165) is 12.1 Å². The molecule has 7 nitrogen and oxygen atoms in total. The van der Waals surface area contributed by atoms with Crippen LogP contribution in [0.1, 0.15) is 31.4 Å². The largest absolute Gasteiger partial charge is 0.511 e. The average molecular weight is 400 g/mol. The van der Waals surface area contributed by atoms with Crippen LogP contribution in [0.25, 0.3) is 0 Å². The Bertz CT molecular complexity index is 829. The zero-order valence-corrected chi connectivity index (χ0v) is 15.1. The van der Waals surface area contributed by atoms with Crippen molar-refractivity contribution in [3.63, 3.8) is 0 Å². The molecule has 0 atom stereocenters. The Hall–Kier alpha value is -3.04. The fraction of sp³-hybridized carbons (Fsp3) is 0.389. The summed E-state index contributed by atoms with van der Waals surface area (Å²) in [5, 5.41) is 20.6. The summed E-state index contributed by atoms with van der Waals surface area (Å²) < 4.78 is 38.3. The van der Waals surface area contributed by atoms with Crippen LogP contribution in [-0.4, -0.2) is 46.0 Å². The fourth-order valence-electron chi connectivity index (χ4n) is 2.93. The number of carbonyl (C=O) groups is 3. The number of benzene rings is 1. The SMILES string of the molecule is CC(C)(c1ccc(C(F)(F)F)cc1)N1CCC(O)=C(C(=O)NCC(=O)O)C1=O. The number of amides is 2. The summed E-state index contributed by atoms with van der Waals surface area (Å²) >= 11 is 0. The number of rotatable bonds is 5. The maximum absolute atomic E-state index is 12.8. The van der Waals surface area contributed by atoms with E-state index in [-0.39, 0.29) is 13.0 Å². The maximum atomic E-state index is 12.8. The van der Waals surface area contributed by atoms with Crippen molar-refractivity contribution in [1.82, 2.24) is 10.2 Å². The number of hydrogen-bond donors (Lipinski definition) is 3. The van der Waals surface area contributed by atoms with Gasteiger partial charge < -0.3 is 20.4 Å². The first kappa shape index (κ1) is 21.3. The summed E-state index contributed by atoms with van der Waals surface area (Å²) in [6.45, 7) is 2.50. The Morgan fingerprint density at radius 1 is 1.14 bits per heavy atom. The van der Waals surface area contributed by atoms with Gasteiger partial charge in [0.2, 0.25) is 0 Å². The number of aliphatic hydroxyl groups is 1. The molecular weight excluding hydrogens is 381 g/mol. The second kappa shape index (κ2) is 7.53. The quantitative estimate of drug-likeness (QED) is 0.657. The molecule has 0 bridgehead atoms. The van der Waals surface area contributed by atoms with Crippen molar-refractivity contribution in [3.8, 4) is 0 Å². The highest BCUT2D eigenvalue weighted by atomic mass is 19.4. The Morgan fingerprint density at radius 3 is 2.18 bits per heavy atom. The zero-order chi connectivity index (χ0) is 21.3. The lowest BCUT2D eigenvalue weighted by Crippen LogP contribution is -2.51. The maximum Gasteiger partial charge on any atom is 0.416 e. The molecule has 3 N–H and O–H groups in total. The highest BCUT2D eigenvalue weighted by molar-refractivity contribution is 6.19. The van der Waals surface area contributed by atoms with Gasteiger partial charge in [-0.2, -0.15) is 13.2 Å². The molecule has 0 aliphatic carbocycles. The number of carboxylic acid groups (broad SMARTS) is 1. The number of nitrogens with zero attached hydrogens (tertiary/aromatic N) is 1. The molecule has 0 aromatic heterocycles. The van der Waals surface area contributed by atoms with Crippen molar-refractivity contribution >= 4 is 17.8 Å². The van der Waals surface area contributed by atoms with Crippen molar-refractivity contribution in [2.24, 2.45) is 0 Å². The first-order chi connectivity index (χ1) is 12.9. The Kier molecular flexibility index (Phi) is 5.72. The van der Waals surface area contributed by atoms with E-state index in [1.54, 1.807) is 13.8 Å². The van der Waals surface area contributed by atoms with E-state index in [4.69, 9.17) is 5.11 Å². The van der Waals surface area contributed by atoms with Gasteiger partial charge in [-0.05, 0) is 31.5 Å². The van der Waals surface area contributed by atoms with E-state index in [1.807, 2.05) is 5.32 Å². The van der Waals surface area contributed by atoms with Crippen LogP contribution in [0.3, 0.4) is 0 Å². The van der Waals surface area contributed by atoms with Gasteiger partial charge in [0, 0.05) is 13.0 Å². The molecule has 10 heteroatoms. The van der Waals surface area contributed by atoms with E-state index in [9.17, 15) is 32.7 Å². The van der Waals surface area contributed by atoms with E-state index in [1.165, 1.54) is 17.0 Å². The highest BCUT2D eigenvalue weighted by Crippen LogP contribution is 2.35. The molecule has 1 aromatic rings. The third-order valence-corrected chi connectivity index (χ3v) is 4.54. The van der Waals surface area contributed by atoms with Crippen LogP contribution in [0.5, 0.6) is 0 Å². The van der Waals surface area contributed by atoms with Crippen LogP contribution in [0.15, 0.2) is 35.6 Å². The second-order valence-corrected chi connectivity index (χ2v) is 6.74. The van der Waals surface area contributed by atoms with Gasteiger partial charge in [0.25, 0.3) is 11.8 Å². The van der Waals surface area contributed by atoms with Crippen LogP contribution in [-0.2, 0) is 26.1 Å². The van der Waals surface area contributed by atoms with Gasteiger partial charge in [-0.15, -0.1) is 0 Å². The van der Waals surface area contributed by atoms with Gasteiger partial charge in [-0.3, -0.25) is 14.4 Å².